The molecule has 4 fully saturated rings. The van der Waals surface area contributed by atoms with Gasteiger partial charge in [0.2, 0.25) is 5.91 Å². The van der Waals surface area contributed by atoms with E-state index in [4.69, 9.17) is 4.42 Å². The monoisotopic (exact) mass is 373 g/mol. The van der Waals surface area contributed by atoms with Crippen molar-refractivity contribution in [3.05, 3.63) is 23.7 Å². The lowest BCUT2D eigenvalue weighted by Gasteiger charge is -2.56. The highest BCUT2D eigenvalue weighted by Crippen LogP contribution is 2.55. The number of rotatable bonds is 6. The van der Waals surface area contributed by atoms with Crippen molar-refractivity contribution in [2.75, 3.05) is 6.54 Å². The first-order valence-corrected chi connectivity index (χ1v) is 10.3. The molecule has 0 aromatic carbocycles. The van der Waals surface area contributed by atoms with E-state index in [1.807, 2.05) is 26.0 Å². The van der Waals surface area contributed by atoms with E-state index in [0.29, 0.717) is 6.54 Å². The summed E-state index contributed by atoms with van der Waals surface area (Å²) in [5.74, 6) is 3.88. The number of furan rings is 1. The van der Waals surface area contributed by atoms with Crippen molar-refractivity contribution in [2.24, 2.45) is 17.8 Å². The Labute approximate surface area is 160 Å². The van der Waals surface area contributed by atoms with E-state index in [1.54, 1.807) is 0 Å². The van der Waals surface area contributed by atoms with Gasteiger partial charge in [-0.3, -0.25) is 4.79 Å². The average Bonchev–Trinajstić information content (AvgIpc) is 2.99. The van der Waals surface area contributed by atoms with E-state index >= 15 is 0 Å². The zero-order chi connectivity index (χ0) is 19.0. The second-order valence-corrected chi connectivity index (χ2v) is 9.07. The number of hydrogen-bond donors (Lipinski definition) is 3. The third-order valence-corrected chi connectivity index (χ3v) is 6.62. The maximum Gasteiger partial charge on any atom is 0.315 e. The highest BCUT2D eigenvalue weighted by molar-refractivity contribution is 5.78. The molecular weight excluding hydrogens is 342 g/mol. The number of amides is 3. The van der Waals surface area contributed by atoms with Gasteiger partial charge in [-0.05, 0) is 82.3 Å². The summed E-state index contributed by atoms with van der Waals surface area (Å²) in [5.41, 5.74) is 0.00670. The van der Waals surface area contributed by atoms with Crippen LogP contribution < -0.4 is 16.0 Å². The van der Waals surface area contributed by atoms with Gasteiger partial charge in [-0.25, -0.2) is 4.79 Å². The van der Waals surface area contributed by atoms with Gasteiger partial charge in [-0.1, -0.05) is 0 Å². The first-order chi connectivity index (χ1) is 12.9. The van der Waals surface area contributed by atoms with Crippen LogP contribution in [0.2, 0.25) is 0 Å². The molecule has 6 nitrogen and oxygen atoms in total. The van der Waals surface area contributed by atoms with Crippen LogP contribution in [0.5, 0.6) is 0 Å². The first-order valence-electron chi connectivity index (χ1n) is 10.3. The normalized spacial score (nSPS) is 32.1. The van der Waals surface area contributed by atoms with Gasteiger partial charge in [0.25, 0.3) is 0 Å². The van der Waals surface area contributed by atoms with Crippen LogP contribution in [0.15, 0.2) is 16.5 Å². The van der Waals surface area contributed by atoms with Gasteiger partial charge in [0.15, 0.2) is 0 Å². The van der Waals surface area contributed by atoms with E-state index < -0.39 is 0 Å². The fourth-order valence-corrected chi connectivity index (χ4v) is 5.91. The third kappa shape index (κ3) is 4.14. The predicted molar refractivity (Wildman–Crippen MR) is 102 cm³/mol. The Morgan fingerprint density at radius 1 is 1.15 bits per heavy atom. The molecule has 0 spiro atoms. The van der Waals surface area contributed by atoms with Crippen molar-refractivity contribution in [2.45, 2.75) is 70.4 Å². The van der Waals surface area contributed by atoms with Gasteiger partial charge in [0, 0.05) is 18.5 Å². The third-order valence-electron chi connectivity index (χ3n) is 6.62. The van der Waals surface area contributed by atoms with Crippen LogP contribution in [0.1, 0.15) is 69.4 Å². The molecule has 1 aromatic heterocycles. The van der Waals surface area contributed by atoms with E-state index in [0.717, 1.165) is 48.5 Å². The fourth-order valence-electron chi connectivity index (χ4n) is 5.91. The van der Waals surface area contributed by atoms with Gasteiger partial charge in [0.05, 0.1) is 6.04 Å². The Hall–Kier alpha value is -1.98. The molecule has 1 unspecified atom stereocenters. The number of nitrogens with one attached hydrogen (secondary N) is 3. The maximum absolute atomic E-state index is 12.4. The molecule has 4 bridgehead atoms. The molecule has 27 heavy (non-hydrogen) atoms. The smallest absolute Gasteiger partial charge is 0.315 e. The molecule has 0 saturated heterocycles. The Morgan fingerprint density at radius 3 is 2.33 bits per heavy atom. The molecule has 1 heterocycles. The van der Waals surface area contributed by atoms with Crippen molar-refractivity contribution >= 4 is 11.9 Å². The molecule has 1 atom stereocenters. The van der Waals surface area contributed by atoms with E-state index in [1.165, 1.54) is 19.3 Å². The minimum absolute atomic E-state index is 0.00670. The highest BCUT2D eigenvalue weighted by atomic mass is 16.3. The van der Waals surface area contributed by atoms with Crippen LogP contribution in [0.4, 0.5) is 4.79 Å². The minimum atomic E-state index is -0.174. The molecule has 0 radical (unpaired) electrons. The lowest BCUT2D eigenvalue weighted by atomic mass is 9.53. The summed E-state index contributed by atoms with van der Waals surface area (Å²) < 4.78 is 5.53. The fraction of sp³-hybridized carbons (Fsp3) is 0.714. The predicted octanol–water partition coefficient (Wildman–Crippen LogP) is 3.42. The largest absolute Gasteiger partial charge is 0.464 e. The summed E-state index contributed by atoms with van der Waals surface area (Å²) in [5, 5.41) is 9.05. The van der Waals surface area contributed by atoms with Gasteiger partial charge in [0.1, 0.15) is 11.5 Å². The van der Waals surface area contributed by atoms with Crippen molar-refractivity contribution in [3.8, 4) is 0 Å². The van der Waals surface area contributed by atoms with Crippen LogP contribution in [0.25, 0.3) is 0 Å². The Bertz CT molecular complexity index is 676. The van der Waals surface area contributed by atoms with Crippen molar-refractivity contribution in [1.29, 1.82) is 0 Å². The number of carbonyl (C=O) groups is 2. The van der Waals surface area contributed by atoms with E-state index in [-0.39, 0.29) is 29.9 Å². The molecule has 4 aliphatic carbocycles. The van der Waals surface area contributed by atoms with Gasteiger partial charge < -0.3 is 20.4 Å². The van der Waals surface area contributed by atoms with Gasteiger partial charge in [-0.15, -0.1) is 0 Å². The van der Waals surface area contributed by atoms with Crippen molar-refractivity contribution in [3.63, 3.8) is 0 Å². The number of aryl methyl sites for hydroxylation is 1. The second kappa shape index (κ2) is 7.21. The molecule has 0 aliphatic heterocycles. The summed E-state index contributed by atoms with van der Waals surface area (Å²) in [6.07, 6.45) is 7.73. The first kappa shape index (κ1) is 18.4. The van der Waals surface area contributed by atoms with E-state index in [9.17, 15) is 9.59 Å². The average molecular weight is 373 g/mol. The summed E-state index contributed by atoms with van der Waals surface area (Å²) in [4.78, 5) is 24.5. The lowest BCUT2D eigenvalue weighted by molar-refractivity contribution is -0.121. The molecule has 148 valence electrons. The van der Waals surface area contributed by atoms with Crippen LogP contribution in [-0.4, -0.2) is 24.0 Å². The number of urea groups is 1. The molecular formula is C21H31N3O3. The molecule has 3 amide bonds. The molecule has 5 rings (SSSR count). The van der Waals surface area contributed by atoms with Crippen LogP contribution >= 0.6 is 0 Å². The Kier molecular flexibility index (Phi) is 4.91. The minimum Gasteiger partial charge on any atom is -0.464 e. The van der Waals surface area contributed by atoms with Gasteiger partial charge in [-0.2, -0.15) is 0 Å². The molecule has 4 saturated carbocycles. The maximum atomic E-state index is 12.4. The summed E-state index contributed by atoms with van der Waals surface area (Å²) in [6.45, 7) is 4.11. The molecule has 4 aliphatic rings. The lowest BCUT2D eigenvalue weighted by Crippen LogP contribution is -2.61. The van der Waals surface area contributed by atoms with Crippen LogP contribution in [-0.2, 0) is 4.79 Å². The zero-order valence-electron chi connectivity index (χ0n) is 16.3. The summed E-state index contributed by atoms with van der Waals surface area (Å²) >= 11 is 0. The van der Waals surface area contributed by atoms with Gasteiger partial charge >= 0.3 is 6.03 Å². The van der Waals surface area contributed by atoms with Crippen molar-refractivity contribution < 1.29 is 14.0 Å². The standard InChI is InChI=1S/C21H31N3O3/c1-13-3-4-18(27-13)14(2)23-19(25)5-6-22-20(26)24-21-10-15-7-16(11-21)9-17(8-15)12-21/h3-4,14-17H,5-12H2,1-2H3,(H,23,25)(H2,22,24,26). The van der Waals surface area contributed by atoms with E-state index in [2.05, 4.69) is 16.0 Å². The highest BCUT2D eigenvalue weighted by Gasteiger charge is 2.51. The quantitative estimate of drug-likeness (QED) is 0.714. The Balaban J connectivity index is 1.19. The molecule has 3 N–H and O–H groups in total. The Morgan fingerprint density at radius 2 is 1.78 bits per heavy atom. The topological polar surface area (TPSA) is 83.4 Å². The molecule has 6 heteroatoms. The number of hydrogen-bond acceptors (Lipinski definition) is 3. The summed E-state index contributed by atoms with van der Waals surface area (Å²) in [7, 11) is 0. The zero-order valence-corrected chi connectivity index (χ0v) is 16.3. The second-order valence-electron chi connectivity index (χ2n) is 9.07. The van der Waals surface area contributed by atoms with Crippen LogP contribution in [0.3, 0.4) is 0 Å². The van der Waals surface area contributed by atoms with Crippen molar-refractivity contribution in [1.82, 2.24) is 16.0 Å². The SMILES string of the molecule is Cc1ccc(C(C)NC(=O)CCNC(=O)NC23CC4CC(CC(C4)C2)C3)o1. The summed E-state index contributed by atoms with van der Waals surface area (Å²) in [6, 6.07) is 3.46. The number of carbonyl (C=O) groups excluding carboxylic acids is 2. The molecule has 1 aromatic rings. The van der Waals surface area contributed by atoms with Crippen LogP contribution in [0, 0.1) is 24.7 Å².